The molecule has 0 atom stereocenters. The molecule has 0 spiro atoms. The Balaban J connectivity index is 1.91. The summed E-state index contributed by atoms with van der Waals surface area (Å²) in [5.41, 5.74) is 2.66. The van der Waals surface area contributed by atoms with Crippen molar-refractivity contribution < 1.29 is 19.7 Å². The zero-order valence-corrected chi connectivity index (χ0v) is 15.8. The number of amides is 1. The Morgan fingerprint density at radius 3 is 2.96 bits per heavy atom. The van der Waals surface area contributed by atoms with Crippen LogP contribution in [0.4, 0.5) is 5.69 Å². The van der Waals surface area contributed by atoms with Crippen LogP contribution in [-0.2, 0) is 9.63 Å². The Labute approximate surface area is 160 Å². The van der Waals surface area contributed by atoms with Crippen molar-refractivity contribution in [3.8, 4) is 5.75 Å². The minimum absolute atomic E-state index is 0.0684. The molecule has 26 heavy (non-hydrogen) atoms. The van der Waals surface area contributed by atoms with Gasteiger partial charge in [0.15, 0.2) is 6.61 Å². The van der Waals surface area contributed by atoms with Crippen LogP contribution in [0.25, 0.3) is 0 Å². The Morgan fingerprint density at radius 1 is 1.54 bits per heavy atom. The lowest BCUT2D eigenvalue weighted by Crippen LogP contribution is -2.22. The largest absolute Gasteiger partial charge is 0.506 e. The summed E-state index contributed by atoms with van der Waals surface area (Å²) in [5, 5.41) is 30.0. The lowest BCUT2D eigenvalue weighted by atomic mass is 10.2. The number of oxime groups is 1. The van der Waals surface area contributed by atoms with Gasteiger partial charge in [0.25, 0.3) is 11.6 Å². The standard InChI is InChI=1S/C15H13BrN4O5S/c1-9(13-3-2-4-26-13)19-25-8-14(21)18-17-7-10-5-11(20(23)24)6-12(16)15(10)22/h2-7,22H,8H2,1H3,(H,18,21)/b17-7+,19-9-. The molecule has 0 bridgehead atoms. The van der Waals surface area contributed by atoms with E-state index in [0.29, 0.717) is 5.71 Å². The number of halogens is 1. The second kappa shape index (κ2) is 9.06. The predicted molar refractivity (Wildman–Crippen MR) is 101 cm³/mol. The van der Waals surface area contributed by atoms with E-state index in [-0.39, 0.29) is 28.1 Å². The molecule has 1 heterocycles. The molecule has 1 aromatic heterocycles. The molecule has 1 aromatic carbocycles. The summed E-state index contributed by atoms with van der Waals surface area (Å²) in [7, 11) is 0. The summed E-state index contributed by atoms with van der Waals surface area (Å²) in [4.78, 5) is 27.7. The number of benzene rings is 1. The predicted octanol–water partition coefficient (Wildman–Crippen LogP) is 3.02. The van der Waals surface area contributed by atoms with E-state index in [1.807, 2.05) is 17.5 Å². The summed E-state index contributed by atoms with van der Waals surface area (Å²) >= 11 is 4.51. The number of phenols is 1. The maximum absolute atomic E-state index is 11.6. The number of nitro benzene ring substituents is 1. The van der Waals surface area contributed by atoms with Gasteiger partial charge in [-0.2, -0.15) is 5.10 Å². The smallest absolute Gasteiger partial charge is 0.280 e. The zero-order valence-electron chi connectivity index (χ0n) is 13.4. The average Bonchev–Trinajstić information content (AvgIpc) is 3.13. The summed E-state index contributed by atoms with van der Waals surface area (Å²) in [6.07, 6.45) is 1.09. The van der Waals surface area contributed by atoms with E-state index >= 15 is 0 Å². The first-order valence-electron chi connectivity index (χ1n) is 7.07. The highest BCUT2D eigenvalue weighted by Gasteiger charge is 2.13. The zero-order chi connectivity index (χ0) is 19.1. The van der Waals surface area contributed by atoms with Crippen molar-refractivity contribution in [1.82, 2.24) is 5.43 Å². The fourth-order valence-electron chi connectivity index (χ4n) is 1.73. The minimum atomic E-state index is -0.609. The van der Waals surface area contributed by atoms with Gasteiger partial charge in [0.05, 0.1) is 26.2 Å². The second-order valence-corrected chi connectivity index (χ2v) is 6.65. The molecule has 2 aromatic rings. The van der Waals surface area contributed by atoms with E-state index in [0.717, 1.165) is 23.2 Å². The molecule has 0 saturated carbocycles. The van der Waals surface area contributed by atoms with Gasteiger partial charge < -0.3 is 9.94 Å². The molecule has 0 unspecified atom stereocenters. The number of hydrogen-bond acceptors (Lipinski definition) is 8. The van der Waals surface area contributed by atoms with Crippen molar-refractivity contribution >= 4 is 50.8 Å². The topological polar surface area (TPSA) is 126 Å². The first-order valence-corrected chi connectivity index (χ1v) is 8.75. The highest BCUT2D eigenvalue weighted by molar-refractivity contribution is 9.10. The number of nitro groups is 1. The average molecular weight is 441 g/mol. The maximum Gasteiger partial charge on any atom is 0.280 e. The van der Waals surface area contributed by atoms with Gasteiger partial charge in [0.2, 0.25) is 0 Å². The molecule has 11 heteroatoms. The van der Waals surface area contributed by atoms with Crippen molar-refractivity contribution in [2.75, 3.05) is 6.61 Å². The van der Waals surface area contributed by atoms with Gasteiger partial charge in [-0.25, -0.2) is 5.43 Å². The van der Waals surface area contributed by atoms with E-state index in [1.165, 1.54) is 11.3 Å². The van der Waals surface area contributed by atoms with Crippen LogP contribution in [0.3, 0.4) is 0 Å². The highest BCUT2D eigenvalue weighted by atomic mass is 79.9. The van der Waals surface area contributed by atoms with Gasteiger partial charge in [-0.1, -0.05) is 11.2 Å². The molecule has 0 saturated heterocycles. The molecule has 0 radical (unpaired) electrons. The lowest BCUT2D eigenvalue weighted by molar-refractivity contribution is -0.385. The summed E-state index contributed by atoms with van der Waals surface area (Å²) in [6.45, 7) is 1.40. The number of non-ortho nitro benzene ring substituents is 1. The monoisotopic (exact) mass is 440 g/mol. The van der Waals surface area contributed by atoms with E-state index in [1.54, 1.807) is 6.92 Å². The maximum atomic E-state index is 11.6. The number of hydrogen-bond donors (Lipinski definition) is 2. The number of carbonyl (C=O) groups excluding carboxylic acids is 1. The van der Waals surface area contributed by atoms with Gasteiger partial charge >= 0.3 is 0 Å². The molecule has 0 aliphatic rings. The van der Waals surface area contributed by atoms with Crippen molar-refractivity contribution in [1.29, 1.82) is 0 Å². The highest BCUT2D eigenvalue weighted by Crippen LogP contribution is 2.31. The quantitative estimate of drug-likeness (QED) is 0.388. The van der Waals surface area contributed by atoms with Crippen LogP contribution < -0.4 is 5.43 Å². The van der Waals surface area contributed by atoms with Crippen LogP contribution in [0.1, 0.15) is 17.4 Å². The number of hydrazone groups is 1. The molecule has 9 nitrogen and oxygen atoms in total. The third-order valence-corrected chi connectivity index (χ3v) is 4.54. The number of aromatic hydroxyl groups is 1. The molecule has 0 aliphatic heterocycles. The molecular formula is C15H13BrN4O5S. The van der Waals surface area contributed by atoms with Crippen molar-refractivity contribution in [3.63, 3.8) is 0 Å². The molecule has 2 N–H and O–H groups in total. The van der Waals surface area contributed by atoms with Crippen LogP contribution in [0, 0.1) is 10.1 Å². The third kappa shape index (κ3) is 5.36. The van der Waals surface area contributed by atoms with Crippen LogP contribution in [-0.4, -0.2) is 34.5 Å². The van der Waals surface area contributed by atoms with E-state index < -0.39 is 10.8 Å². The molecule has 2 rings (SSSR count). The van der Waals surface area contributed by atoms with Gasteiger partial charge in [-0.05, 0) is 34.3 Å². The van der Waals surface area contributed by atoms with Gasteiger partial charge in [0.1, 0.15) is 5.75 Å². The Bertz CT molecular complexity index is 867. The van der Waals surface area contributed by atoms with Crippen LogP contribution in [0.2, 0.25) is 0 Å². The van der Waals surface area contributed by atoms with Crippen LogP contribution in [0.15, 0.2) is 44.4 Å². The first-order chi connectivity index (χ1) is 12.4. The van der Waals surface area contributed by atoms with Gasteiger partial charge in [-0.3, -0.25) is 14.9 Å². The lowest BCUT2D eigenvalue weighted by Gasteiger charge is -2.02. The van der Waals surface area contributed by atoms with E-state index in [4.69, 9.17) is 4.84 Å². The molecule has 1 amide bonds. The summed E-state index contributed by atoms with van der Waals surface area (Å²) in [6, 6.07) is 6.04. The first kappa shape index (κ1) is 19.5. The normalized spacial score (nSPS) is 11.5. The number of rotatable bonds is 7. The van der Waals surface area contributed by atoms with Gasteiger partial charge in [0, 0.05) is 17.7 Å². The van der Waals surface area contributed by atoms with Crippen molar-refractivity contribution in [3.05, 3.63) is 54.7 Å². The van der Waals surface area contributed by atoms with E-state index in [9.17, 15) is 20.0 Å². The molecule has 136 valence electrons. The summed E-state index contributed by atoms with van der Waals surface area (Å²) < 4.78 is 0.140. The third-order valence-electron chi connectivity index (χ3n) is 2.96. The number of carbonyl (C=O) groups is 1. The molecule has 0 fully saturated rings. The van der Waals surface area contributed by atoms with Gasteiger partial charge in [-0.15, -0.1) is 11.3 Å². The van der Waals surface area contributed by atoms with Crippen LogP contribution in [0.5, 0.6) is 5.75 Å². The number of nitrogens with zero attached hydrogens (tertiary/aromatic N) is 3. The Kier molecular flexibility index (Phi) is 6.81. The number of thiophene rings is 1. The SMILES string of the molecule is C/C(=N/OCC(=O)N/N=C/c1cc([N+](=O)[O-])cc(Br)c1O)c1cccs1. The Morgan fingerprint density at radius 2 is 2.31 bits per heavy atom. The number of nitrogens with one attached hydrogen (secondary N) is 1. The fraction of sp³-hybridized carbons (Fsp3) is 0.133. The van der Waals surface area contributed by atoms with Crippen molar-refractivity contribution in [2.45, 2.75) is 6.92 Å². The molecular weight excluding hydrogens is 428 g/mol. The molecule has 0 aliphatic carbocycles. The second-order valence-electron chi connectivity index (χ2n) is 4.84. The van der Waals surface area contributed by atoms with Crippen LogP contribution >= 0.6 is 27.3 Å². The number of phenolic OH excluding ortho intramolecular Hbond substituents is 1. The van der Waals surface area contributed by atoms with Crippen molar-refractivity contribution in [2.24, 2.45) is 10.3 Å². The van der Waals surface area contributed by atoms with E-state index in [2.05, 4.69) is 31.6 Å². The fourth-order valence-corrected chi connectivity index (χ4v) is 2.86. The minimum Gasteiger partial charge on any atom is -0.506 e. The Hall–Kier alpha value is -2.79. The summed E-state index contributed by atoms with van der Waals surface area (Å²) in [5.74, 6) is -0.811.